The summed E-state index contributed by atoms with van der Waals surface area (Å²) in [5.41, 5.74) is 0.741. The van der Waals surface area contributed by atoms with Crippen molar-refractivity contribution in [3.8, 4) is 0 Å². The van der Waals surface area contributed by atoms with Gasteiger partial charge in [-0.25, -0.2) is 0 Å². The number of anilines is 1. The lowest BCUT2D eigenvalue weighted by molar-refractivity contribution is -0.136. The largest absolute Gasteiger partial charge is 0.480 e. The quantitative estimate of drug-likeness (QED) is 0.699. The normalized spacial score (nSPS) is 9.93. The van der Waals surface area contributed by atoms with Gasteiger partial charge >= 0.3 is 5.97 Å². The molecular weight excluding hydrogens is 216 g/mol. The lowest BCUT2D eigenvalue weighted by atomic mass is 10.3. The van der Waals surface area contributed by atoms with Crippen molar-refractivity contribution >= 4 is 28.9 Å². The summed E-state index contributed by atoms with van der Waals surface area (Å²) in [6, 6.07) is 1.80. The molecule has 0 bridgehead atoms. The van der Waals surface area contributed by atoms with Crippen LogP contribution in [-0.4, -0.2) is 23.5 Å². The third kappa shape index (κ3) is 4.09. The Bertz CT molecular complexity index is 362. The summed E-state index contributed by atoms with van der Waals surface area (Å²) in [5, 5.41) is 15.7. The molecule has 0 aromatic carbocycles. The van der Waals surface area contributed by atoms with Gasteiger partial charge in [-0.2, -0.15) is 0 Å². The van der Waals surface area contributed by atoms with Crippen LogP contribution < -0.4 is 10.6 Å². The van der Waals surface area contributed by atoms with Crippen LogP contribution in [-0.2, 0) is 16.1 Å². The van der Waals surface area contributed by atoms with Gasteiger partial charge < -0.3 is 15.7 Å². The van der Waals surface area contributed by atoms with E-state index in [0.29, 0.717) is 6.54 Å². The number of hydrogen-bond acceptors (Lipinski definition) is 4. The van der Waals surface area contributed by atoms with E-state index in [-0.39, 0.29) is 12.5 Å². The van der Waals surface area contributed by atoms with Crippen molar-refractivity contribution < 1.29 is 14.7 Å². The van der Waals surface area contributed by atoms with Crippen LogP contribution in [0, 0.1) is 0 Å². The third-order valence-electron chi connectivity index (χ3n) is 1.62. The average molecular weight is 228 g/mol. The molecule has 6 heteroatoms. The molecule has 0 spiro atoms. The lowest BCUT2D eigenvalue weighted by Gasteiger charge is -2.04. The Morgan fingerprint density at radius 1 is 1.53 bits per heavy atom. The summed E-state index contributed by atoms with van der Waals surface area (Å²) in [5.74, 6) is -1.03. The second-order valence-corrected chi connectivity index (χ2v) is 3.94. The van der Waals surface area contributed by atoms with Crippen LogP contribution in [0.1, 0.15) is 11.8 Å². The molecule has 0 aliphatic carbocycles. The number of aliphatic carboxylic acids is 1. The Kier molecular flexibility index (Phi) is 4.26. The molecule has 1 amide bonds. The number of carboxylic acid groups (broad SMARTS) is 1. The van der Waals surface area contributed by atoms with E-state index < -0.39 is 5.97 Å². The van der Waals surface area contributed by atoms with Gasteiger partial charge in [-0.15, -0.1) is 11.3 Å². The minimum atomic E-state index is -0.896. The van der Waals surface area contributed by atoms with E-state index in [1.807, 2.05) is 5.38 Å². The number of rotatable bonds is 5. The van der Waals surface area contributed by atoms with Crippen LogP contribution in [0.4, 0.5) is 5.69 Å². The van der Waals surface area contributed by atoms with Gasteiger partial charge in [0.05, 0.1) is 12.2 Å². The summed E-state index contributed by atoms with van der Waals surface area (Å²) < 4.78 is 0. The molecule has 1 rings (SSSR count). The van der Waals surface area contributed by atoms with E-state index in [4.69, 9.17) is 5.11 Å². The molecule has 0 atom stereocenters. The van der Waals surface area contributed by atoms with Crippen molar-refractivity contribution in [2.45, 2.75) is 13.5 Å². The summed E-state index contributed by atoms with van der Waals surface area (Å²) in [7, 11) is 0. The van der Waals surface area contributed by atoms with Crippen molar-refractivity contribution in [1.82, 2.24) is 5.32 Å². The molecule has 0 aliphatic heterocycles. The van der Waals surface area contributed by atoms with E-state index in [1.54, 1.807) is 6.07 Å². The van der Waals surface area contributed by atoms with Crippen LogP contribution in [0.15, 0.2) is 11.4 Å². The molecule has 1 aromatic heterocycles. The fourth-order valence-corrected chi connectivity index (χ4v) is 1.86. The van der Waals surface area contributed by atoms with E-state index in [9.17, 15) is 9.59 Å². The standard InChI is InChI=1S/C9H12N2O3S/c1-6(12)11-7-2-3-15-8(7)4-10-5-9(13)14/h2-3,10H,4-5H2,1H3,(H,11,12)(H,13,14). The highest BCUT2D eigenvalue weighted by Gasteiger charge is 2.05. The molecular formula is C9H12N2O3S. The molecule has 3 N–H and O–H groups in total. The van der Waals surface area contributed by atoms with Gasteiger partial charge in [0.25, 0.3) is 0 Å². The molecule has 5 nitrogen and oxygen atoms in total. The minimum absolute atomic E-state index is 0.0859. The van der Waals surface area contributed by atoms with Crippen molar-refractivity contribution in [1.29, 1.82) is 0 Å². The Hall–Kier alpha value is -1.40. The molecule has 15 heavy (non-hydrogen) atoms. The van der Waals surface area contributed by atoms with E-state index >= 15 is 0 Å². The highest BCUT2D eigenvalue weighted by molar-refractivity contribution is 7.10. The molecule has 0 radical (unpaired) electrons. The number of hydrogen-bond donors (Lipinski definition) is 3. The van der Waals surface area contributed by atoms with Crippen molar-refractivity contribution in [2.24, 2.45) is 0 Å². The summed E-state index contributed by atoms with van der Waals surface area (Å²) in [4.78, 5) is 22.0. The molecule has 82 valence electrons. The maximum Gasteiger partial charge on any atom is 0.317 e. The number of nitrogens with one attached hydrogen (secondary N) is 2. The average Bonchev–Trinajstić information content (AvgIpc) is 2.51. The van der Waals surface area contributed by atoms with Crippen LogP contribution >= 0.6 is 11.3 Å². The summed E-state index contributed by atoms with van der Waals surface area (Å²) in [6.07, 6.45) is 0. The third-order valence-corrected chi connectivity index (χ3v) is 2.54. The lowest BCUT2D eigenvalue weighted by Crippen LogP contribution is -2.22. The number of carbonyl (C=O) groups is 2. The minimum Gasteiger partial charge on any atom is -0.480 e. The smallest absolute Gasteiger partial charge is 0.317 e. The van der Waals surface area contributed by atoms with Gasteiger partial charge in [0.1, 0.15) is 0 Å². The number of amides is 1. The first-order valence-electron chi connectivity index (χ1n) is 4.36. The maximum atomic E-state index is 10.8. The predicted molar refractivity (Wildman–Crippen MR) is 58.0 cm³/mol. The molecule has 0 fully saturated rings. The van der Waals surface area contributed by atoms with E-state index in [1.165, 1.54) is 18.3 Å². The van der Waals surface area contributed by atoms with Gasteiger partial charge in [-0.1, -0.05) is 0 Å². The molecule has 0 saturated carbocycles. The number of carboxylic acids is 1. The van der Waals surface area contributed by atoms with Gasteiger partial charge in [0.2, 0.25) is 5.91 Å². The molecule has 1 heterocycles. The van der Waals surface area contributed by atoms with Crippen molar-refractivity contribution in [3.63, 3.8) is 0 Å². The van der Waals surface area contributed by atoms with E-state index in [2.05, 4.69) is 10.6 Å². The van der Waals surface area contributed by atoms with Crippen molar-refractivity contribution in [3.05, 3.63) is 16.3 Å². The fourth-order valence-electron chi connectivity index (χ4n) is 1.06. The first kappa shape index (κ1) is 11.7. The zero-order chi connectivity index (χ0) is 11.3. The Balaban J connectivity index is 2.49. The van der Waals surface area contributed by atoms with Crippen LogP contribution in [0.5, 0.6) is 0 Å². The van der Waals surface area contributed by atoms with Gasteiger partial charge in [-0.3, -0.25) is 9.59 Å². The Labute approximate surface area is 91.1 Å². The highest BCUT2D eigenvalue weighted by Crippen LogP contribution is 2.21. The topological polar surface area (TPSA) is 78.4 Å². The molecule has 0 unspecified atom stereocenters. The highest BCUT2D eigenvalue weighted by atomic mass is 32.1. The monoisotopic (exact) mass is 228 g/mol. The maximum absolute atomic E-state index is 10.8. The summed E-state index contributed by atoms with van der Waals surface area (Å²) in [6.45, 7) is 1.79. The Morgan fingerprint density at radius 2 is 2.27 bits per heavy atom. The fraction of sp³-hybridized carbons (Fsp3) is 0.333. The zero-order valence-corrected chi connectivity index (χ0v) is 9.06. The van der Waals surface area contributed by atoms with Crippen molar-refractivity contribution in [2.75, 3.05) is 11.9 Å². The molecule has 0 saturated heterocycles. The van der Waals surface area contributed by atoms with Crippen LogP contribution in [0.25, 0.3) is 0 Å². The predicted octanol–water partition coefficient (Wildman–Crippen LogP) is 0.881. The van der Waals surface area contributed by atoms with E-state index in [0.717, 1.165) is 10.6 Å². The van der Waals surface area contributed by atoms with Crippen LogP contribution in [0.2, 0.25) is 0 Å². The first-order chi connectivity index (χ1) is 7.09. The van der Waals surface area contributed by atoms with Gasteiger partial charge in [-0.05, 0) is 11.4 Å². The number of carbonyl (C=O) groups excluding carboxylic acids is 1. The summed E-state index contributed by atoms with van der Waals surface area (Å²) >= 11 is 1.47. The SMILES string of the molecule is CC(=O)Nc1ccsc1CNCC(=O)O. The number of thiophene rings is 1. The molecule has 0 aliphatic rings. The van der Waals surface area contributed by atoms with Crippen LogP contribution in [0.3, 0.4) is 0 Å². The second kappa shape index (κ2) is 5.47. The molecule has 1 aromatic rings. The second-order valence-electron chi connectivity index (χ2n) is 2.94. The van der Waals surface area contributed by atoms with Gasteiger partial charge in [0, 0.05) is 18.3 Å². The van der Waals surface area contributed by atoms with Gasteiger partial charge in [0.15, 0.2) is 0 Å². The zero-order valence-electron chi connectivity index (χ0n) is 8.24. The first-order valence-corrected chi connectivity index (χ1v) is 5.24. The Morgan fingerprint density at radius 3 is 2.87 bits per heavy atom.